The lowest BCUT2D eigenvalue weighted by Gasteiger charge is -2.28. The van der Waals surface area contributed by atoms with Crippen molar-refractivity contribution in [1.29, 1.82) is 0 Å². The minimum atomic E-state index is 0.880. The smallest absolute Gasteiger partial charge is 0.136 e. The Kier molecular flexibility index (Phi) is 7.17. The Morgan fingerprint density at radius 1 is 0.309 bits per heavy atom. The zero-order chi connectivity index (χ0) is 36.3. The Hall–Kier alpha value is -7.36. The van der Waals surface area contributed by atoms with Gasteiger partial charge in [0.05, 0.1) is 5.69 Å². The van der Waals surface area contributed by atoms with Gasteiger partial charge in [0.2, 0.25) is 0 Å². The van der Waals surface area contributed by atoms with Gasteiger partial charge in [-0.15, -0.1) is 0 Å². The van der Waals surface area contributed by atoms with E-state index < -0.39 is 0 Å². The van der Waals surface area contributed by atoms with Crippen molar-refractivity contribution in [3.8, 4) is 33.4 Å². The van der Waals surface area contributed by atoms with Crippen LogP contribution in [0.4, 0.5) is 17.1 Å². The predicted molar refractivity (Wildman–Crippen MR) is 229 cm³/mol. The highest BCUT2D eigenvalue weighted by atomic mass is 16.3. The normalized spacial score (nSPS) is 11.6. The van der Waals surface area contributed by atoms with Gasteiger partial charge in [-0.25, -0.2) is 0 Å². The third-order valence-electron chi connectivity index (χ3n) is 10.9. The number of benzene rings is 9. The Balaban J connectivity index is 1.03. The maximum absolute atomic E-state index is 6.41. The highest BCUT2D eigenvalue weighted by Gasteiger charge is 2.20. The second kappa shape index (κ2) is 12.6. The average molecular weight is 704 g/mol. The zero-order valence-corrected chi connectivity index (χ0v) is 29.8. The van der Waals surface area contributed by atoms with Crippen molar-refractivity contribution in [1.82, 2.24) is 0 Å². The fraction of sp³-hybridized carbons (Fsp3) is 0. The molecule has 0 spiro atoms. The van der Waals surface area contributed by atoms with Crippen LogP contribution in [0.25, 0.3) is 88.0 Å². The number of fused-ring (bicyclic) bond motifs is 8. The first-order valence-corrected chi connectivity index (χ1v) is 18.7. The van der Waals surface area contributed by atoms with Crippen LogP contribution < -0.4 is 4.90 Å². The Morgan fingerprint density at radius 3 is 1.75 bits per heavy atom. The molecule has 55 heavy (non-hydrogen) atoms. The first-order chi connectivity index (χ1) is 27.3. The van der Waals surface area contributed by atoms with E-state index in [2.05, 4.69) is 193 Å². The molecule has 0 fully saturated rings. The van der Waals surface area contributed by atoms with E-state index in [0.29, 0.717) is 0 Å². The first-order valence-electron chi connectivity index (χ1n) is 18.7. The molecule has 0 saturated carbocycles. The lowest BCUT2D eigenvalue weighted by molar-refractivity contribution is 0.668. The average Bonchev–Trinajstić information content (AvgIpc) is 3.83. The number of furan rings is 2. The lowest BCUT2D eigenvalue weighted by atomic mass is 9.95. The van der Waals surface area contributed by atoms with Crippen LogP contribution >= 0.6 is 0 Å². The van der Waals surface area contributed by atoms with Crippen LogP contribution in [0.5, 0.6) is 0 Å². The molecule has 9 aromatic carbocycles. The summed E-state index contributed by atoms with van der Waals surface area (Å²) >= 11 is 0. The molecular weight excluding hydrogens is 671 g/mol. The van der Waals surface area contributed by atoms with E-state index in [0.717, 1.165) is 77.6 Å². The van der Waals surface area contributed by atoms with Gasteiger partial charge in [0, 0.05) is 38.5 Å². The van der Waals surface area contributed by atoms with E-state index in [1.165, 1.54) is 27.5 Å². The van der Waals surface area contributed by atoms with Gasteiger partial charge in [0.1, 0.15) is 22.3 Å². The van der Waals surface area contributed by atoms with Gasteiger partial charge in [-0.05, 0) is 99.3 Å². The van der Waals surface area contributed by atoms with Crippen LogP contribution in [0.3, 0.4) is 0 Å². The summed E-state index contributed by atoms with van der Waals surface area (Å²) in [5.41, 5.74) is 13.8. The third kappa shape index (κ3) is 5.20. The second-order valence-corrected chi connectivity index (χ2v) is 14.1. The van der Waals surface area contributed by atoms with Crippen molar-refractivity contribution in [3.63, 3.8) is 0 Å². The van der Waals surface area contributed by atoms with Gasteiger partial charge in [0.15, 0.2) is 0 Å². The largest absolute Gasteiger partial charge is 0.456 e. The molecule has 0 amide bonds. The van der Waals surface area contributed by atoms with Crippen LogP contribution in [0, 0.1) is 0 Å². The van der Waals surface area contributed by atoms with Crippen LogP contribution in [0.1, 0.15) is 0 Å². The second-order valence-electron chi connectivity index (χ2n) is 14.1. The maximum Gasteiger partial charge on any atom is 0.136 e. The molecule has 0 N–H and O–H groups in total. The van der Waals surface area contributed by atoms with E-state index in [-0.39, 0.29) is 0 Å². The molecule has 0 saturated heterocycles. The summed E-state index contributed by atoms with van der Waals surface area (Å²) in [6, 6.07) is 71.0. The van der Waals surface area contributed by atoms with Gasteiger partial charge in [0.25, 0.3) is 0 Å². The molecule has 0 unspecified atom stereocenters. The zero-order valence-electron chi connectivity index (χ0n) is 29.8. The number of rotatable bonds is 6. The van der Waals surface area contributed by atoms with E-state index >= 15 is 0 Å². The molecule has 0 aliphatic heterocycles. The van der Waals surface area contributed by atoms with Gasteiger partial charge in [-0.3, -0.25) is 0 Å². The number of anilines is 3. The monoisotopic (exact) mass is 703 g/mol. The summed E-state index contributed by atoms with van der Waals surface area (Å²) in [7, 11) is 0. The minimum Gasteiger partial charge on any atom is -0.456 e. The molecule has 258 valence electrons. The van der Waals surface area contributed by atoms with Crippen molar-refractivity contribution >= 4 is 71.7 Å². The molecule has 2 aromatic heterocycles. The fourth-order valence-electron chi connectivity index (χ4n) is 8.30. The molecule has 3 nitrogen and oxygen atoms in total. The molecular formula is C52H33NO2. The third-order valence-corrected chi connectivity index (χ3v) is 10.9. The van der Waals surface area contributed by atoms with Gasteiger partial charge < -0.3 is 13.7 Å². The van der Waals surface area contributed by atoms with Gasteiger partial charge in [-0.2, -0.15) is 0 Å². The summed E-state index contributed by atoms with van der Waals surface area (Å²) in [6.45, 7) is 0. The van der Waals surface area contributed by atoms with Crippen LogP contribution in [0.15, 0.2) is 209 Å². The van der Waals surface area contributed by atoms with Gasteiger partial charge in [-0.1, -0.05) is 140 Å². The van der Waals surface area contributed by atoms with Crippen molar-refractivity contribution < 1.29 is 8.83 Å². The van der Waals surface area contributed by atoms with E-state index in [9.17, 15) is 0 Å². The predicted octanol–water partition coefficient (Wildman–Crippen LogP) is 15.1. The van der Waals surface area contributed by atoms with Crippen molar-refractivity contribution in [3.05, 3.63) is 200 Å². The molecule has 3 heteroatoms. The van der Waals surface area contributed by atoms with Crippen molar-refractivity contribution in [2.24, 2.45) is 0 Å². The molecule has 2 heterocycles. The van der Waals surface area contributed by atoms with Crippen LogP contribution in [0.2, 0.25) is 0 Å². The molecule has 0 radical (unpaired) electrons. The van der Waals surface area contributed by atoms with Crippen molar-refractivity contribution in [2.45, 2.75) is 0 Å². The van der Waals surface area contributed by atoms with Crippen molar-refractivity contribution in [2.75, 3.05) is 4.90 Å². The van der Waals surface area contributed by atoms with Gasteiger partial charge >= 0.3 is 0 Å². The Morgan fingerprint density at radius 2 is 0.909 bits per heavy atom. The molecule has 0 aliphatic rings. The van der Waals surface area contributed by atoms with Crippen LogP contribution in [-0.4, -0.2) is 0 Å². The topological polar surface area (TPSA) is 29.5 Å². The number of hydrogen-bond donors (Lipinski definition) is 0. The number of nitrogens with zero attached hydrogens (tertiary/aromatic N) is 1. The highest BCUT2D eigenvalue weighted by molar-refractivity contribution is 6.23. The lowest BCUT2D eigenvalue weighted by Crippen LogP contribution is -2.11. The summed E-state index contributed by atoms with van der Waals surface area (Å²) in [5, 5.41) is 6.88. The minimum absolute atomic E-state index is 0.880. The highest BCUT2D eigenvalue weighted by Crippen LogP contribution is 2.44. The Labute approximate surface area is 317 Å². The molecule has 0 atom stereocenters. The first kappa shape index (κ1) is 31.2. The molecule has 0 aliphatic carbocycles. The Bertz CT molecular complexity index is 3190. The maximum atomic E-state index is 6.41. The summed E-state index contributed by atoms with van der Waals surface area (Å²) < 4.78 is 12.6. The van der Waals surface area contributed by atoms with Crippen LogP contribution in [-0.2, 0) is 0 Å². The van der Waals surface area contributed by atoms with E-state index in [1.807, 2.05) is 12.1 Å². The SMILES string of the molecule is c1ccc(-c2ccccc2N(c2ccc(-c3ccc4c(ccc5oc6cccc(-c7ccccc7)c6c54)c3)cc2)c2ccc3oc4ccccc4c3c2)cc1. The summed E-state index contributed by atoms with van der Waals surface area (Å²) in [4.78, 5) is 2.36. The molecule has 11 aromatic rings. The quantitative estimate of drug-likeness (QED) is 0.173. The fourth-order valence-corrected chi connectivity index (χ4v) is 8.30. The standard InChI is InChI=1S/C52H33NO2/c1-3-12-35(13-4-1)41-16-7-9-19-46(41)53(40-28-31-48-45(33-40)44-17-8-10-20-47(44)54-48)39-26-22-34(23-27-39)37-24-29-43-38(32-37)25-30-50-52(43)51-42(18-11-21-49(51)55-50)36-14-5-2-6-15-36/h1-33H. The van der Waals surface area contributed by atoms with E-state index in [4.69, 9.17) is 8.83 Å². The summed E-state index contributed by atoms with van der Waals surface area (Å²) in [5.74, 6) is 0. The molecule has 11 rings (SSSR count). The number of para-hydroxylation sites is 2. The number of hydrogen-bond acceptors (Lipinski definition) is 3. The summed E-state index contributed by atoms with van der Waals surface area (Å²) in [6.07, 6.45) is 0. The molecule has 0 bridgehead atoms. The van der Waals surface area contributed by atoms with E-state index in [1.54, 1.807) is 0 Å².